The maximum atomic E-state index is 5.92. The molecule has 2 heterocycles. The zero-order valence-corrected chi connectivity index (χ0v) is 14.2. The van der Waals surface area contributed by atoms with E-state index in [9.17, 15) is 0 Å². The predicted molar refractivity (Wildman–Crippen MR) is 97.2 cm³/mol. The molecule has 0 amide bonds. The van der Waals surface area contributed by atoms with E-state index in [4.69, 9.17) is 11.6 Å². The molecule has 2 aromatic carbocycles. The number of fused-ring (bicyclic) bond motifs is 1. The summed E-state index contributed by atoms with van der Waals surface area (Å²) in [4.78, 5) is 0. The molecule has 0 aliphatic rings. The van der Waals surface area contributed by atoms with Gasteiger partial charge in [-0.3, -0.25) is 0 Å². The van der Waals surface area contributed by atoms with E-state index in [1.54, 1.807) is 16.3 Å². The molecule has 4 rings (SSSR count). The predicted octanol–water partition coefficient (Wildman–Crippen LogP) is 4.74. The van der Waals surface area contributed by atoms with Crippen molar-refractivity contribution in [1.82, 2.24) is 19.8 Å². The van der Waals surface area contributed by atoms with E-state index in [0.717, 1.165) is 32.8 Å². The summed E-state index contributed by atoms with van der Waals surface area (Å²) in [6, 6.07) is 21.8. The monoisotopic (exact) mass is 352 g/mol. The Morgan fingerprint density at radius 1 is 0.875 bits per heavy atom. The number of thioether (sulfide) groups is 1. The zero-order chi connectivity index (χ0) is 16.4. The van der Waals surface area contributed by atoms with Crippen molar-refractivity contribution < 1.29 is 0 Å². The number of hydrogen-bond donors (Lipinski definition) is 0. The molecule has 0 spiro atoms. The standard InChI is InChI=1S/C18H13ClN4S/c19-15-8-6-13(7-9-15)12-24-18-21-20-17-11-10-16(22-23(17)18)14-4-2-1-3-5-14/h1-11H,12H2. The molecular weight excluding hydrogens is 340 g/mol. The fourth-order valence-electron chi connectivity index (χ4n) is 2.35. The van der Waals surface area contributed by atoms with Gasteiger partial charge in [-0.05, 0) is 29.8 Å². The molecule has 0 radical (unpaired) electrons. The van der Waals surface area contributed by atoms with Crippen LogP contribution in [0.1, 0.15) is 5.56 Å². The Morgan fingerprint density at radius 3 is 2.46 bits per heavy atom. The van der Waals surface area contributed by atoms with Gasteiger partial charge in [0.2, 0.25) is 5.16 Å². The number of rotatable bonds is 4. The lowest BCUT2D eigenvalue weighted by molar-refractivity contribution is 0.813. The average Bonchev–Trinajstić information content (AvgIpc) is 3.04. The van der Waals surface area contributed by atoms with Crippen molar-refractivity contribution in [2.75, 3.05) is 0 Å². The Hall–Kier alpha value is -2.37. The van der Waals surface area contributed by atoms with Gasteiger partial charge in [-0.2, -0.15) is 9.61 Å². The average molecular weight is 353 g/mol. The molecule has 0 N–H and O–H groups in total. The van der Waals surface area contributed by atoms with E-state index in [1.165, 1.54) is 5.56 Å². The van der Waals surface area contributed by atoms with E-state index in [1.807, 2.05) is 66.7 Å². The molecule has 6 heteroatoms. The number of benzene rings is 2. The topological polar surface area (TPSA) is 43.1 Å². The summed E-state index contributed by atoms with van der Waals surface area (Å²) < 4.78 is 1.79. The van der Waals surface area contributed by atoms with Crippen LogP contribution in [0.3, 0.4) is 0 Å². The van der Waals surface area contributed by atoms with Gasteiger partial charge in [-0.15, -0.1) is 10.2 Å². The van der Waals surface area contributed by atoms with Crippen molar-refractivity contribution in [2.45, 2.75) is 10.9 Å². The molecule has 2 aromatic heterocycles. The fourth-order valence-corrected chi connectivity index (χ4v) is 3.32. The van der Waals surface area contributed by atoms with Crippen molar-refractivity contribution >= 4 is 29.0 Å². The minimum Gasteiger partial charge on any atom is -0.187 e. The highest BCUT2D eigenvalue weighted by Gasteiger charge is 2.09. The highest BCUT2D eigenvalue weighted by molar-refractivity contribution is 7.98. The molecule has 0 unspecified atom stereocenters. The van der Waals surface area contributed by atoms with Gasteiger partial charge in [0, 0.05) is 16.3 Å². The van der Waals surface area contributed by atoms with Crippen molar-refractivity contribution in [3.63, 3.8) is 0 Å². The third-order valence-corrected chi connectivity index (χ3v) is 4.83. The maximum absolute atomic E-state index is 5.92. The summed E-state index contributed by atoms with van der Waals surface area (Å²) in [5.74, 6) is 0.787. The second kappa shape index (κ2) is 6.63. The first-order valence-electron chi connectivity index (χ1n) is 7.45. The van der Waals surface area contributed by atoms with Crippen molar-refractivity contribution in [3.8, 4) is 11.3 Å². The maximum Gasteiger partial charge on any atom is 0.212 e. The first-order chi connectivity index (χ1) is 11.8. The van der Waals surface area contributed by atoms with Crippen LogP contribution in [0, 0.1) is 0 Å². The quantitative estimate of drug-likeness (QED) is 0.498. The molecule has 118 valence electrons. The molecule has 4 aromatic rings. The van der Waals surface area contributed by atoms with Crippen LogP contribution in [0.25, 0.3) is 16.9 Å². The minimum absolute atomic E-state index is 0.742. The second-order valence-corrected chi connectivity index (χ2v) is 6.63. The smallest absolute Gasteiger partial charge is 0.187 e. The van der Waals surface area contributed by atoms with Gasteiger partial charge in [-0.1, -0.05) is 65.8 Å². The van der Waals surface area contributed by atoms with E-state index >= 15 is 0 Å². The van der Waals surface area contributed by atoms with Crippen LogP contribution in [0.5, 0.6) is 0 Å². The summed E-state index contributed by atoms with van der Waals surface area (Å²) in [6.07, 6.45) is 0. The van der Waals surface area contributed by atoms with Gasteiger partial charge in [0.1, 0.15) is 0 Å². The van der Waals surface area contributed by atoms with Crippen molar-refractivity contribution in [3.05, 3.63) is 77.3 Å². The first kappa shape index (κ1) is 15.2. The van der Waals surface area contributed by atoms with Crippen LogP contribution in [0.15, 0.2) is 71.9 Å². The zero-order valence-electron chi connectivity index (χ0n) is 12.6. The molecule has 0 saturated heterocycles. The van der Waals surface area contributed by atoms with Crippen molar-refractivity contribution in [1.29, 1.82) is 0 Å². The van der Waals surface area contributed by atoms with E-state index in [0.29, 0.717) is 0 Å². The molecule has 0 aliphatic heterocycles. The summed E-state index contributed by atoms with van der Waals surface area (Å²) in [5, 5.41) is 14.6. The molecule has 0 saturated carbocycles. The van der Waals surface area contributed by atoms with Gasteiger partial charge in [0.15, 0.2) is 5.65 Å². The lowest BCUT2D eigenvalue weighted by Crippen LogP contribution is -1.96. The Balaban J connectivity index is 1.62. The summed E-state index contributed by atoms with van der Waals surface area (Å²) in [5.41, 5.74) is 3.90. The Kier molecular flexibility index (Phi) is 4.19. The highest BCUT2D eigenvalue weighted by atomic mass is 35.5. The largest absolute Gasteiger partial charge is 0.212 e. The summed E-state index contributed by atoms with van der Waals surface area (Å²) in [7, 11) is 0. The molecule has 0 fully saturated rings. The SMILES string of the molecule is Clc1ccc(CSc2nnc3ccc(-c4ccccc4)nn23)cc1. The van der Waals surface area contributed by atoms with Crippen molar-refractivity contribution in [2.24, 2.45) is 0 Å². The summed E-state index contributed by atoms with van der Waals surface area (Å²) in [6.45, 7) is 0. The highest BCUT2D eigenvalue weighted by Crippen LogP contribution is 2.23. The van der Waals surface area contributed by atoms with Gasteiger partial charge in [0.05, 0.1) is 5.69 Å². The number of aromatic nitrogens is 4. The van der Waals surface area contributed by atoms with Crippen LogP contribution >= 0.6 is 23.4 Å². The Labute approximate surface area is 148 Å². The number of nitrogens with zero attached hydrogens (tertiary/aromatic N) is 4. The van der Waals surface area contributed by atoms with E-state index < -0.39 is 0 Å². The number of hydrogen-bond acceptors (Lipinski definition) is 4. The molecule has 24 heavy (non-hydrogen) atoms. The lowest BCUT2D eigenvalue weighted by Gasteiger charge is -2.03. The minimum atomic E-state index is 0.742. The summed E-state index contributed by atoms with van der Waals surface area (Å²) >= 11 is 7.53. The van der Waals surface area contributed by atoms with Crippen LogP contribution in [-0.4, -0.2) is 19.8 Å². The molecule has 4 nitrogen and oxygen atoms in total. The van der Waals surface area contributed by atoms with Gasteiger partial charge in [-0.25, -0.2) is 0 Å². The molecule has 0 aliphatic carbocycles. The van der Waals surface area contributed by atoms with Gasteiger partial charge in [0.25, 0.3) is 0 Å². The van der Waals surface area contributed by atoms with E-state index in [2.05, 4.69) is 15.3 Å². The van der Waals surface area contributed by atoms with Crippen LogP contribution in [-0.2, 0) is 5.75 Å². The van der Waals surface area contributed by atoms with Gasteiger partial charge < -0.3 is 0 Å². The first-order valence-corrected chi connectivity index (χ1v) is 8.81. The van der Waals surface area contributed by atoms with Crippen LogP contribution in [0.2, 0.25) is 5.02 Å². The van der Waals surface area contributed by atoms with Crippen LogP contribution in [0.4, 0.5) is 0 Å². The Bertz CT molecular complexity index is 967. The molecular formula is C18H13ClN4S. The third-order valence-electron chi connectivity index (χ3n) is 3.58. The van der Waals surface area contributed by atoms with Crippen LogP contribution < -0.4 is 0 Å². The Morgan fingerprint density at radius 2 is 1.67 bits per heavy atom. The van der Waals surface area contributed by atoms with E-state index in [-0.39, 0.29) is 0 Å². The lowest BCUT2D eigenvalue weighted by atomic mass is 10.1. The third kappa shape index (κ3) is 3.13. The second-order valence-electron chi connectivity index (χ2n) is 5.25. The number of halogens is 1. The molecule has 0 bridgehead atoms. The van der Waals surface area contributed by atoms with Gasteiger partial charge >= 0.3 is 0 Å². The molecule has 0 atom stereocenters. The fraction of sp³-hybridized carbons (Fsp3) is 0.0556. The normalized spacial score (nSPS) is 11.0.